The monoisotopic (exact) mass is 328 g/mol. The van der Waals surface area contributed by atoms with Crippen molar-refractivity contribution in [2.75, 3.05) is 13.2 Å². The summed E-state index contributed by atoms with van der Waals surface area (Å²) in [6.45, 7) is 0.334. The molecule has 2 aromatic carbocycles. The molecule has 1 N–H and O–H groups in total. The summed E-state index contributed by atoms with van der Waals surface area (Å²) in [5.74, 6) is 0.101. The van der Waals surface area contributed by atoms with E-state index in [1.54, 1.807) is 12.1 Å². The van der Waals surface area contributed by atoms with E-state index in [0.29, 0.717) is 12.2 Å². The van der Waals surface area contributed by atoms with E-state index in [4.69, 9.17) is 9.47 Å². The maximum atomic E-state index is 11.6. The molecule has 0 aliphatic rings. The molecule has 6 heteroatoms. The number of hydrogen-bond acceptors (Lipinski definition) is 5. The zero-order valence-electron chi connectivity index (χ0n) is 13.1. The summed E-state index contributed by atoms with van der Waals surface area (Å²) in [6.07, 6.45) is -0.739. The van der Waals surface area contributed by atoms with Gasteiger partial charge < -0.3 is 24.7 Å². The van der Waals surface area contributed by atoms with Gasteiger partial charge in [-0.2, -0.15) is 0 Å². The molecule has 126 valence electrons. The fourth-order valence-corrected chi connectivity index (χ4v) is 1.98. The first-order chi connectivity index (χ1) is 11.6. The third kappa shape index (κ3) is 6.39. The fourth-order valence-electron chi connectivity index (χ4n) is 1.98. The number of carbonyl (C=O) groups excluding carboxylic acids is 2. The van der Waals surface area contributed by atoms with Gasteiger partial charge in [-0.25, -0.2) is 4.79 Å². The first kappa shape index (κ1) is 17.3. The van der Waals surface area contributed by atoms with Crippen LogP contribution in [0.15, 0.2) is 54.6 Å². The van der Waals surface area contributed by atoms with Gasteiger partial charge in [0.25, 0.3) is 0 Å². The summed E-state index contributed by atoms with van der Waals surface area (Å²) in [5, 5.41) is 12.4. The van der Waals surface area contributed by atoms with Gasteiger partial charge in [-0.15, -0.1) is 0 Å². The first-order valence-corrected chi connectivity index (χ1v) is 7.49. The van der Waals surface area contributed by atoms with E-state index < -0.39 is 12.1 Å². The molecule has 0 aliphatic heterocycles. The van der Waals surface area contributed by atoms with Gasteiger partial charge in [0.05, 0.1) is 0 Å². The minimum Gasteiger partial charge on any atom is -0.530 e. The summed E-state index contributed by atoms with van der Waals surface area (Å²) in [4.78, 5) is 21.9. The van der Waals surface area contributed by atoms with Crippen molar-refractivity contribution in [2.24, 2.45) is 0 Å². The van der Waals surface area contributed by atoms with Crippen molar-refractivity contribution in [3.05, 3.63) is 65.7 Å². The molecule has 0 fully saturated rings. The predicted molar refractivity (Wildman–Crippen MR) is 85.3 cm³/mol. The Bertz CT molecular complexity index is 655. The molecule has 6 nitrogen and oxygen atoms in total. The third-order valence-electron chi connectivity index (χ3n) is 3.21. The average Bonchev–Trinajstić information content (AvgIpc) is 2.60. The summed E-state index contributed by atoms with van der Waals surface area (Å²) < 4.78 is 10.5. The van der Waals surface area contributed by atoms with Crippen molar-refractivity contribution in [3.8, 4) is 5.75 Å². The van der Waals surface area contributed by atoms with Gasteiger partial charge >= 0.3 is 5.97 Å². The lowest BCUT2D eigenvalue weighted by Gasteiger charge is -2.09. The molecule has 2 rings (SSSR count). The van der Waals surface area contributed by atoms with Gasteiger partial charge in [-0.3, -0.25) is 0 Å². The smallest absolute Gasteiger partial charge is 0.344 e. The predicted octanol–water partition coefficient (Wildman–Crippen LogP) is 1.28. The van der Waals surface area contributed by atoms with E-state index in [1.807, 2.05) is 42.5 Å². The Kier molecular flexibility index (Phi) is 6.64. The molecule has 0 saturated carbocycles. The van der Waals surface area contributed by atoms with E-state index in [-0.39, 0.29) is 19.8 Å². The Morgan fingerprint density at radius 1 is 0.958 bits per heavy atom. The van der Waals surface area contributed by atoms with E-state index in [1.165, 1.54) is 0 Å². The quantitative estimate of drug-likeness (QED) is 0.738. The van der Waals surface area contributed by atoms with Crippen LogP contribution in [0.3, 0.4) is 0 Å². The normalized spacial score (nSPS) is 10.0. The molecule has 2 aromatic rings. The Morgan fingerprint density at radius 2 is 1.67 bits per heavy atom. The molecule has 24 heavy (non-hydrogen) atoms. The largest absolute Gasteiger partial charge is 0.530 e. The van der Waals surface area contributed by atoms with Gasteiger partial charge in [-0.05, 0) is 29.7 Å². The Morgan fingerprint density at radius 3 is 2.33 bits per heavy atom. The van der Waals surface area contributed by atoms with Crippen LogP contribution < -0.4 is 15.2 Å². The summed E-state index contributed by atoms with van der Waals surface area (Å²) in [6, 6.07) is 16.5. The molecule has 0 atom stereocenters. The second-order valence-electron chi connectivity index (χ2n) is 5.04. The number of nitrogens with one attached hydrogen (secondary N) is 1. The fraction of sp³-hybridized carbons (Fsp3) is 0.222. The lowest BCUT2D eigenvalue weighted by molar-refractivity contribution is -0.250. The number of rotatable bonds is 8. The Balaban J connectivity index is 1.69. The van der Waals surface area contributed by atoms with Gasteiger partial charge in [-0.1, -0.05) is 42.5 Å². The molecule has 0 heterocycles. The third-order valence-corrected chi connectivity index (χ3v) is 3.21. The highest BCUT2D eigenvalue weighted by atomic mass is 16.6. The maximum absolute atomic E-state index is 11.6. The first-order valence-electron chi connectivity index (χ1n) is 7.49. The van der Waals surface area contributed by atoms with Crippen molar-refractivity contribution >= 4 is 12.1 Å². The zero-order valence-corrected chi connectivity index (χ0v) is 13.1. The van der Waals surface area contributed by atoms with Crippen LogP contribution in [0.25, 0.3) is 0 Å². The number of amides is 1. The number of carbonyl (C=O) groups is 2. The van der Waals surface area contributed by atoms with Crippen molar-refractivity contribution in [3.63, 3.8) is 0 Å². The second-order valence-corrected chi connectivity index (χ2v) is 5.04. The van der Waals surface area contributed by atoms with Crippen LogP contribution in [0.1, 0.15) is 11.1 Å². The number of carboxylic acid groups (broad SMARTS) is 1. The van der Waals surface area contributed by atoms with Crippen LogP contribution in [0, 0.1) is 0 Å². The number of hydrogen-bond donors (Lipinski definition) is 1. The minimum absolute atomic E-state index is 0.168. The van der Waals surface area contributed by atoms with Crippen molar-refractivity contribution < 1.29 is 24.2 Å². The van der Waals surface area contributed by atoms with Gasteiger partial charge in [0.1, 0.15) is 18.4 Å². The lowest BCUT2D eigenvalue weighted by atomic mass is 10.1. The van der Waals surface area contributed by atoms with Crippen LogP contribution in [-0.4, -0.2) is 25.2 Å². The summed E-state index contributed by atoms with van der Waals surface area (Å²) in [7, 11) is 0. The standard InChI is InChI=1S/C18H19NO5/c20-17(24-12-15-4-2-1-3-5-15)13-23-16-8-6-14(7-9-16)10-11-19-18(21)22/h1-9,19H,10-13H2,(H,21,22)/p-1. The number of benzene rings is 2. The molecule has 0 aromatic heterocycles. The van der Waals surface area contributed by atoms with Crippen molar-refractivity contribution in [2.45, 2.75) is 13.0 Å². The van der Waals surface area contributed by atoms with Crippen molar-refractivity contribution in [1.82, 2.24) is 5.32 Å². The average molecular weight is 328 g/mol. The van der Waals surface area contributed by atoms with Crippen LogP contribution in [0.4, 0.5) is 4.79 Å². The van der Waals surface area contributed by atoms with Crippen LogP contribution in [-0.2, 0) is 22.6 Å². The van der Waals surface area contributed by atoms with E-state index in [2.05, 4.69) is 5.32 Å². The molecule has 0 radical (unpaired) electrons. The van der Waals surface area contributed by atoms with Crippen LogP contribution in [0.2, 0.25) is 0 Å². The van der Waals surface area contributed by atoms with Gasteiger partial charge in [0, 0.05) is 6.54 Å². The molecule has 0 spiro atoms. The van der Waals surface area contributed by atoms with Crippen molar-refractivity contribution in [1.29, 1.82) is 0 Å². The molecule has 1 amide bonds. The molecular weight excluding hydrogens is 310 g/mol. The topological polar surface area (TPSA) is 87.7 Å². The second kappa shape index (κ2) is 9.19. The highest BCUT2D eigenvalue weighted by Gasteiger charge is 2.05. The molecule has 0 saturated heterocycles. The van der Waals surface area contributed by atoms with Gasteiger partial charge in [0.15, 0.2) is 6.61 Å². The van der Waals surface area contributed by atoms with E-state index >= 15 is 0 Å². The summed E-state index contributed by atoms with van der Waals surface area (Å²) >= 11 is 0. The van der Waals surface area contributed by atoms with Crippen LogP contribution >= 0.6 is 0 Å². The van der Waals surface area contributed by atoms with Gasteiger partial charge in [0.2, 0.25) is 0 Å². The number of esters is 1. The number of ether oxygens (including phenoxy) is 2. The zero-order chi connectivity index (χ0) is 17.2. The SMILES string of the molecule is O=C([O-])NCCc1ccc(OCC(=O)OCc2ccccc2)cc1. The maximum Gasteiger partial charge on any atom is 0.344 e. The molecule has 0 bridgehead atoms. The Hall–Kier alpha value is -3.02. The lowest BCUT2D eigenvalue weighted by Crippen LogP contribution is -2.37. The van der Waals surface area contributed by atoms with Crippen LogP contribution in [0.5, 0.6) is 5.75 Å². The highest BCUT2D eigenvalue weighted by Crippen LogP contribution is 2.12. The minimum atomic E-state index is -1.29. The Labute approximate surface area is 140 Å². The van der Waals surface area contributed by atoms with E-state index in [0.717, 1.165) is 11.1 Å². The van der Waals surface area contributed by atoms with E-state index in [9.17, 15) is 14.7 Å². The molecular formula is C18H18NO5-. The molecule has 0 aliphatic carbocycles. The molecule has 0 unspecified atom stereocenters. The highest BCUT2D eigenvalue weighted by molar-refractivity contribution is 5.71. The summed E-state index contributed by atoms with van der Waals surface area (Å²) in [5.41, 5.74) is 1.86.